The number of nitrogens with one attached hydrogen (secondary N) is 2. The predicted octanol–water partition coefficient (Wildman–Crippen LogP) is 4.54. The van der Waals surface area contributed by atoms with E-state index in [4.69, 9.17) is 16.3 Å². The van der Waals surface area contributed by atoms with Crippen molar-refractivity contribution >= 4 is 38.9 Å². The number of carbonyl (C=O) groups is 1. The zero-order valence-electron chi connectivity index (χ0n) is 15.1. The lowest BCUT2D eigenvalue weighted by atomic mass is 10.2. The highest BCUT2D eigenvalue weighted by atomic mass is 35.5. The van der Waals surface area contributed by atoms with Crippen molar-refractivity contribution in [1.82, 2.24) is 0 Å². The second kappa shape index (κ2) is 8.50. The quantitative estimate of drug-likeness (QED) is 0.596. The summed E-state index contributed by atoms with van der Waals surface area (Å²) in [6.45, 7) is 0. The topological polar surface area (TPSA) is 84.5 Å². The fourth-order valence-electron chi connectivity index (χ4n) is 2.52. The fraction of sp³-hybridized carbons (Fsp3) is 0.0500. The van der Waals surface area contributed by atoms with E-state index >= 15 is 0 Å². The first kappa shape index (κ1) is 20.6. The SMILES string of the molecule is COc1ccc(S(=O)(=O)Nc2ccccc2F)cc1NC(=O)c1cccc(Cl)c1. The Bertz CT molecular complexity index is 1170. The average Bonchev–Trinajstić information content (AvgIpc) is 2.69. The van der Waals surface area contributed by atoms with E-state index in [1.807, 2.05) is 0 Å². The molecule has 0 saturated heterocycles. The molecule has 2 N–H and O–H groups in total. The molecule has 150 valence electrons. The summed E-state index contributed by atoms with van der Waals surface area (Å²) in [4.78, 5) is 12.3. The first-order chi connectivity index (χ1) is 13.8. The van der Waals surface area contributed by atoms with Gasteiger partial charge in [0.05, 0.1) is 23.4 Å². The smallest absolute Gasteiger partial charge is 0.262 e. The number of hydrogen-bond acceptors (Lipinski definition) is 4. The van der Waals surface area contributed by atoms with Crippen LogP contribution in [0, 0.1) is 5.82 Å². The van der Waals surface area contributed by atoms with Crippen LogP contribution < -0.4 is 14.8 Å². The molecule has 0 aliphatic heterocycles. The lowest BCUT2D eigenvalue weighted by molar-refractivity contribution is 0.102. The Kier molecular flexibility index (Phi) is 6.05. The van der Waals surface area contributed by atoms with Crippen LogP contribution in [0.3, 0.4) is 0 Å². The van der Waals surface area contributed by atoms with Gasteiger partial charge in [0.15, 0.2) is 0 Å². The molecular formula is C20H16ClFN2O4S. The van der Waals surface area contributed by atoms with Crippen LogP contribution in [0.4, 0.5) is 15.8 Å². The zero-order valence-corrected chi connectivity index (χ0v) is 16.7. The average molecular weight is 435 g/mol. The lowest BCUT2D eigenvalue weighted by Crippen LogP contribution is -2.16. The third-order valence-corrected chi connectivity index (χ3v) is 5.53. The molecule has 0 heterocycles. The van der Waals surface area contributed by atoms with E-state index in [2.05, 4.69) is 10.0 Å². The molecule has 0 fully saturated rings. The molecule has 3 aromatic carbocycles. The molecule has 0 aromatic heterocycles. The van der Waals surface area contributed by atoms with Gasteiger partial charge in [0, 0.05) is 10.6 Å². The number of benzene rings is 3. The van der Waals surface area contributed by atoms with E-state index in [0.29, 0.717) is 5.02 Å². The van der Waals surface area contributed by atoms with E-state index in [9.17, 15) is 17.6 Å². The predicted molar refractivity (Wildman–Crippen MR) is 110 cm³/mol. The summed E-state index contributed by atoms with van der Waals surface area (Å²) < 4.78 is 46.5. The Hall–Kier alpha value is -3.10. The number of ether oxygens (including phenoxy) is 1. The lowest BCUT2D eigenvalue weighted by Gasteiger charge is -2.14. The van der Waals surface area contributed by atoms with Gasteiger partial charge in [-0.3, -0.25) is 9.52 Å². The Morgan fingerprint density at radius 1 is 1.00 bits per heavy atom. The Balaban J connectivity index is 1.92. The van der Waals surface area contributed by atoms with Gasteiger partial charge in [0.2, 0.25) is 0 Å². The Morgan fingerprint density at radius 3 is 2.45 bits per heavy atom. The zero-order chi connectivity index (χ0) is 21.0. The van der Waals surface area contributed by atoms with E-state index < -0.39 is 21.7 Å². The highest BCUT2D eigenvalue weighted by molar-refractivity contribution is 7.92. The van der Waals surface area contributed by atoms with Gasteiger partial charge in [0.1, 0.15) is 11.6 Å². The van der Waals surface area contributed by atoms with E-state index in [1.165, 1.54) is 49.6 Å². The minimum atomic E-state index is -4.11. The standard InChI is InChI=1S/C20H16ClFN2O4S/c1-28-19-10-9-15(29(26,27)24-17-8-3-2-7-16(17)22)12-18(19)23-20(25)13-5-4-6-14(21)11-13/h2-12,24H,1H3,(H,23,25). The maximum Gasteiger partial charge on any atom is 0.262 e. The third kappa shape index (κ3) is 4.85. The molecule has 0 saturated carbocycles. The van der Waals surface area contributed by atoms with E-state index in [-0.39, 0.29) is 27.6 Å². The van der Waals surface area contributed by atoms with Crippen LogP contribution in [-0.2, 0) is 10.0 Å². The molecule has 6 nitrogen and oxygen atoms in total. The first-order valence-electron chi connectivity index (χ1n) is 8.32. The maximum atomic E-state index is 13.8. The molecule has 0 atom stereocenters. The third-order valence-electron chi connectivity index (χ3n) is 3.93. The van der Waals surface area contributed by atoms with Gasteiger partial charge in [0.25, 0.3) is 15.9 Å². The van der Waals surface area contributed by atoms with Crippen LogP contribution in [0.2, 0.25) is 5.02 Å². The van der Waals surface area contributed by atoms with Crippen molar-refractivity contribution in [3.63, 3.8) is 0 Å². The summed E-state index contributed by atoms with van der Waals surface area (Å²) in [7, 11) is -2.72. The minimum Gasteiger partial charge on any atom is -0.495 e. The van der Waals surface area contributed by atoms with Crippen molar-refractivity contribution < 1.29 is 22.3 Å². The molecule has 3 aromatic rings. The number of halogens is 2. The van der Waals surface area contributed by atoms with E-state index in [0.717, 1.165) is 6.07 Å². The second-order valence-corrected chi connectivity index (χ2v) is 8.03. The molecule has 3 rings (SSSR count). The molecule has 1 amide bonds. The van der Waals surface area contributed by atoms with Crippen molar-refractivity contribution in [2.24, 2.45) is 0 Å². The fourth-order valence-corrected chi connectivity index (χ4v) is 3.81. The second-order valence-electron chi connectivity index (χ2n) is 5.91. The normalized spacial score (nSPS) is 11.0. The number of sulfonamides is 1. The number of hydrogen-bond donors (Lipinski definition) is 2. The summed E-state index contributed by atoms with van der Waals surface area (Å²) in [6.07, 6.45) is 0. The summed E-state index contributed by atoms with van der Waals surface area (Å²) in [6, 6.07) is 15.6. The van der Waals surface area contributed by atoms with Gasteiger partial charge in [-0.05, 0) is 48.5 Å². The molecule has 0 aliphatic carbocycles. The van der Waals surface area contributed by atoms with Crippen LogP contribution in [0.25, 0.3) is 0 Å². The maximum absolute atomic E-state index is 13.8. The number of anilines is 2. The summed E-state index contributed by atoms with van der Waals surface area (Å²) in [5.41, 5.74) is 0.235. The Morgan fingerprint density at radius 2 is 1.76 bits per heavy atom. The van der Waals surface area contributed by atoms with Crippen LogP contribution in [0.1, 0.15) is 10.4 Å². The van der Waals surface area contributed by atoms with Gasteiger partial charge in [-0.25, -0.2) is 12.8 Å². The largest absolute Gasteiger partial charge is 0.495 e. The number of para-hydroxylation sites is 1. The highest BCUT2D eigenvalue weighted by Crippen LogP contribution is 2.29. The monoisotopic (exact) mass is 434 g/mol. The summed E-state index contributed by atoms with van der Waals surface area (Å²) in [5.74, 6) is -0.952. The van der Waals surface area contributed by atoms with Gasteiger partial charge < -0.3 is 10.1 Å². The number of carbonyl (C=O) groups excluding carboxylic acids is 1. The molecule has 0 radical (unpaired) electrons. The number of amides is 1. The molecule has 0 unspecified atom stereocenters. The molecule has 29 heavy (non-hydrogen) atoms. The van der Waals surface area contributed by atoms with Crippen molar-refractivity contribution in [1.29, 1.82) is 0 Å². The van der Waals surface area contributed by atoms with Crippen molar-refractivity contribution in [3.8, 4) is 5.75 Å². The molecule has 0 spiro atoms. The van der Waals surface area contributed by atoms with Crippen molar-refractivity contribution in [2.75, 3.05) is 17.1 Å². The molecule has 0 aliphatic rings. The highest BCUT2D eigenvalue weighted by Gasteiger charge is 2.19. The first-order valence-corrected chi connectivity index (χ1v) is 10.2. The van der Waals surface area contributed by atoms with Gasteiger partial charge in [-0.1, -0.05) is 29.8 Å². The number of methoxy groups -OCH3 is 1. The summed E-state index contributed by atoms with van der Waals surface area (Å²) in [5, 5.41) is 2.99. The number of rotatable bonds is 6. The van der Waals surface area contributed by atoms with E-state index in [1.54, 1.807) is 18.2 Å². The molecule has 0 bridgehead atoms. The molecule has 9 heteroatoms. The van der Waals surface area contributed by atoms with Crippen LogP contribution in [-0.4, -0.2) is 21.4 Å². The van der Waals surface area contributed by atoms with Gasteiger partial charge >= 0.3 is 0 Å². The van der Waals surface area contributed by atoms with Crippen molar-refractivity contribution in [3.05, 3.63) is 83.1 Å². The van der Waals surface area contributed by atoms with Gasteiger partial charge in [-0.2, -0.15) is 0 Å². The van der Waals surface area contributed by atoms with Gasteiger partial charge in [-0.15, -0.1) is 0 Å². The van der Waals surface area contributed by atoms with Crippen LogP contribution in [0.15, 0.2) is 71.6 Å². The minimum absolute atomic E-state index is 0.133. The van der Waals surface area contributed by atoms with Crippen LogP contribution >= 0.6 is 11.6 Å². The summed E-state index contributed by atoms with van der Waals surface area (Å²) >= 11 is 5.90. The van der Waals surface area contributed by atoms with Crippen molar-refractivity contribution in [2.45, 2.75) is 4.90 Å². The molecular weight excluding hydrogens is 419 g/mol. The van der Waals surface area contributed by atoms with Crippen LogP contribution in [0.5, 0.6) is 5.75 Å². The Labute approximate surface area is 172 Å².